The molecule has 4 heteroatoms. The molecule has 0 amide bonds. The number of nitrogens with one attached hydrogen (secondary N) is 1. The maximum atomic E-state index is 12.9. The quantitative estimate of drug-likeness (QED) is 0.844. The van der Waals surface area contributed by atoms with Gasteiger partial charge in [0.1, 0.15) is 5.82 Å². The van der Waals surface area contributed by atoms with Gasteiger partial charge < -0.3 is 10.2 Å². The summed E-state index contributed by atoms with van der Waals surface area (Å²) in [6.07, 6.45) is 4.21. The summed E-state index contributed by atoms with van der Waals surface area (Å²) in [4.78, 5) is 6.31. The summed E-state index contributed by atoms with van der Waals surface area (Å²) in [5, 5.41) is 3.38. The first kappa shape index (κ1) is 12.5. The molecular weight excluding hydrogens is 217 g/mol. The van der Waals surface area contributed by atoms with Crippen LogP contribution in [0, 0.1) is 11.7 Å². The molecular formula is C13H20FN3. The lowest BCUT2D eigenvalue weighted by atomic mass is 10.1. The topological polar surface area (TPSA) is 28.2 Å². The molecule has 0 bridgehead atoms. The van der Waals surface area contributed by atoms with Gasteiger partial charge in [-0.25, -0.2) is 4.39 Å². The van der Waals surface area contributed by atoms with Crippen LogP contribution in [0.5, 0.6) is 0 Å². The number of hydrogen-bond donors (Lipinski definition) is 1. The summed E-state index contributed by atoms with van der Waals surface area (Å²) in [5.74, 6) is 0.471. The summed E-state index contributed by atoms with van der Waals surface area (Å²) in [5.41, 5.74) is 0.912. The van der Waals surface area contributed by atoms with Gasteiger partial charge in [0.2, 0.25) is 0 Å². The van der Waals surface area contributed by atoms with Crippen molar-refractivity contribution in [2.45, 2.75) is 19.9 Å². The van der Waals surface area contributed by atoms with Crippen molar-refractivity contribution in [1.82, 2.24) is 15.2 Å². The number of aromatic nitrogens is 1. The molecule has 94 valence electrons. The van der Waals surface area contributed by atoms with E-state index >= 15 is 0 Å². The SMILES string of the molecule is CCN1CCC(CNCc2cncc(F)c2)C1. The van der Waals surface area contributed by atoms with Crippen LogP contribution in [0.4, 0.5) is 4.39 Å². The Morgan fingerprint density at radius 2 is 2.41 bits per heavy atom. The van der Waals surface area contributed by atoms with E-state index in [1.807, 2.05) is 0 Å². The number of pyridine rings is 1. The van der Waals surface area contributed by atoms with Crippen molar-refractivity contribution in [3.8, 4) is 0 Å². The number of nitrogens with zero attached hydrogens (tertiary/aromatic N) is 2. The Labute approximate surface area is 102 Å². The summed E-state index contributed by atoms with van der Waals surface area (Å²) >= 11 is 0. The molecule has 2 heterocycles. The van der Waals surface area contributed by atoms with Gasteiger partial charge >= 0.3 is 0 Å². The van der Waals surface area contributed by atoms with Gasteiger partial charge in [0.25, 0.3) is 0 Å². The summed E-state index contributed by atoms with van der Waals surface area (Å²) in [6.45, 7) is 7.45. The van der Waals surface area contributed by atoms with Crippen molar-refractivity contribution in [2.75, 3.05) is 26.2 Å². The van der Waals surface area contributed by atoms with Gasteiger partial charge in [-0.05, 0) is 43.6 Å². The number of hydrogen-bond acceptors (Lipinski definition) is 3. The zero-order valence-electron chi connectivity index (χ0n) is 10.3. The third-order valence-electron chi connectivity index (χ3n) is 3.34. The van der Waals surface area contributed by atoms with E-state index in [9.17, 15) is 4.39 Å². The molecule has 0 saturated carbocycles. The molecule has 1 aliphatic heterocycles. The molecule has 2 rings (SSSR count). The Hall–Kier alpha value is -1.00. The van der Waals surface area contributed by atoms with Crippen LogP contribution >= 0.6 is 0 Å². The molecule has 1 N–H and O–H groups in total. The molecule has 1 atom stereocenters. The lowest BCUT2D eigenvalue weighted by Crippen LogP contribution is -2.26. The largest absolute Gasteiger partial charge is 0.312 e. The van der Waals surface area contributed by atoms with Crippen molar-refractivity contribution in [3.05, 3.63) is 29.8 Å². The van der Waals surface area contributed by atoms with Crippen molar-refractivity contribution >= 4 is 0 Å². The van der Waals surface area contributed by atoms with Gasteiger partial charge in [-0.2, -0.15) is 0 Å². The van der Waals surface area contributed by atoms with Crippen LogP contribution in [-0.2, 0) is 6.54 Å². The first-order chi connectivity index (χ1) is 8.28. The molecule has 1 unspecified atom stereocenters. The van der Waals surface area contributed by atoms with Crippen LogP contribution in [0.25, 0.3) is 0 Å². The molecule has 0 radical (unpaired) electrons. The predicted octanol–water partition coefficient (Wildman–Crippen LogP) is 1.65. The second-order valence-corrected chi connectivity index (χ2v) is 4.69. The molecule has 3 nitrogen and oxygen atoms in total. The van der Waals surface area contributed by atoms with Crippen molar-refractivity contribution in [2.24, 2.45) is 5.92 Å². The highest BCUT2D eigenvalue weighted by Crippen LogP contribution is 2.14. The Bertz CT molecular complexity index is 356. The molecule has 0 aromatic carbocycles. The van der Waals surface area contributed by atoms with Gasteiger partial charge in [0.15, 0.2) is 0 Å². The minimum Gasteiger partial charge on any atom is -0.312 e. The molecule has 0 aliphatic carbocycles. The first-order valence-corrected chi connectivity index (χ1v) is 6.30. The smallest absolute Gasteiger partial charge is 0.141 e. The van der Waals surface area contributed by atoms with Crippen LogP contribution in [0.3, 0.4) is 0 Å². The molecule has 1 fully saturated rings. The molecule has 0 spiro atoms. The van der Waals surface area contributed by atoms with E-state index in [0.29, 0.717) is 6.54 Å². The standard InChI is InChI=1S/C13H20FN3/c1-2-17-4-3-11(10-17)6-15-7-12-5-13(14)9-16-8-12/h5,8-9,11,15H,2-4,6-7,10H2,1H3. The minimum atomic E-state index is -0.262. The molecule has 1 aromatic heterocycles. The van der Waals surface area contributed by atoms with Gasteiger partial charge in [-0.15, -0.1) is 0 Å². The second kappa shape index (κ2) is 6.07. The molecule has 1 saturated heterocycles. The fourth-order valence-electron chi connectivity index (χ4n) is 2.34. The van der Waals surface area contributed by atoms with Crippen LogP contribution in [-0.4, -0.2) is 36.1 Å². The van der Waals surface area contributed by atoms with Crippen LogP contribution < -0.4 is 5.32 Å². The van der Waals surface area contributed by atoms with Gasteiger partial charge in [-0.1, -0.05) is 6.92 Å². The number of halogens is 1. The highest BCUT2D eigenvalue weighted by atomic mass is 19.1. The number of likely N-dealkylation sites (tertiary alicyclic amines) is 1. The van der Waals surface area contributed by atoms with E-state index in [1.165, 1.54) is 31.8 Å². The van der Waals surface area contributed by atoms with E-state index in [4.69, 9.17) is 0 Å². The lowest BCUT2D eigenvalue weighted by molar-refractivity contribution is 0.339. The second-order valence-electron chi connectivity index (χ2n) is 4.69. The third-order valence-corrected chi connectivity index (χ3v) is 3.34. The van der Waals surface area contributed by atoms with Crippen molar-refractivity contribution in [3.63, 3.8) is 0 Å². The van der Waals surface area contributed by atoms with Gasteiger partial charge in [0, 0.05) is 19.3 Å². The van der Waals surface area contributed by atoms with E-state index < -0.39 is 0 Å². The minimum absolute atomic E-state index is 0.262. The fraction of sp³-hybridized carbons (Fsp3) is 0.615. The maximum absolute atomic E-state index is 12.9. The van der Waals surface area contributed by atoms with Crippen LogP contribution in [0.15, 0.2) is 18.5 Å². The molecule has 1 aliphatic rings. The Morgan fingerprint density at radius 3 is 3.12 bits per heavy atom. The average Bonchev–Trinajstić information content (AvgIpc) is 2.77. The molecule has 1 aromatic rings. The Morgan fingerprint density at radius 1 is 1.53 bits per heavy atom. The normalized spacial score (nSPS) is 20.9. The Balaban J connectivity index is 1.70. The fourth-order valence-corrected chi connectivity index (χ4v) is 2.34. The maximum Gasteiger partial charge on any atom is 0.141 e. The van der Waals surface area contributed by atoms with Crippen LogP contribution in [0.2, 0.25) is 0 Å². The summed E-state index contributed by atoms with van der Waals surface area (Å²) in [6, 6.07) is 1.53. The van der Waals surface area contributed by atoms with Crippen molar-refractivity contribution in [1.29, 1.82) is 0 Å². The highest BCUT2D eigenvalue weighted by Gasteiger charge is 2.20. The predicted molar refractivity (Wildman–Crippen MR) is 66.1 cm³/mol. The van der Waals surface area contributed by atoms with Gasteiger partial charge in [0.05, 0.1) is 6.20 Å². The first-order valence-electron chi connectivity index (χ1n) is 6.30. The van der Waals surface area contributed by atoms with E-state index in [-0.39, 0.29) is 5.82 Å². The molecule has 17 heavy (non-hydrogen) atoms. The van der Waals surface area contributed by atoms with E-state index in [0.717, 1.165) is 24.6 Å². The average molecular weight is 237 g/mol. The van der Waals surface area contributed by atoms with Crippen molar-refractivity contribution < 1.29 is 4.39 Å². The monoisotopic (exact) mass is 237 g/mol. The Kier molecular flexibility index (Phi) is 4.45. The summed E-state index contributed by atoms with van der Waals surface area (Å²) in [7, 11) is 0. The zero-order chi connectivity index (χ0) is 12.1. The summed E-state index contributed by atoms with van der Waals surface area (Å²) < 4.78 is 12.9. The van der Waals surface area contributed by atoms with Crippen LogP contribution in [0.1, 0.15) is 18.9 Å². The number of rotatable bonds is 5. The van der Waals surface area contributed by atoms with E-state index in [2.05, 4.69) is 22.1 Å². The third kappa shape index (κ3) is 3.75. The highest BCUT2D eigenvalue weighted by molar-refractivity contribution is 5.09. The lowest BCUT2D eigenvalue weighted by Gasteiger charge is -2.13. The van der Waals surface area contributed by atoms with Gasteiger partial charge in [-0.3, -0.25) is 4.98 Å². The van der Waals surface area contributed by atoms with E-state index in [1.54, 1.807) is 6.20 Å². The zero-order valence-corrected chi connectivity index (χ0v) is 10.3.